The van der Waals surface area contributed by atoms with Gasteiger partial charge >= 0.3 is 0 Å². The number of hydrogen-bond donors (Lipinski definition) is 5. The van der Waals surface area contributed by atoms with Gasteiger partial charge in [-0.2, -0.15) is 9.71 Å². The van der Waals surface area contributed by atoms with Crippen LogP contribution < -0.4 is 15.2 Å². The zero-order valence-corrected chi connectivity index (χ0v) is 22.6. The van der Waals surface area contributed by atoms with E-state index in [1.807, 2.05) is 4.72 Å². The minimum absolute atomic E-state index is 0.0502. The van der Waals surface area contributed by atoms with Crippen molar-refractivity contribution in [2.75, 3.05) is 12.3 Å². The molecule has 2 aromatic carbocycles. The van der Waals surface area contributed by atoms with Crippen molar-refractivity contribution >= 4 is 33.5 Å². The van der Waals surface area contributed by atoms with Gasteiger partial charge in [-0.25, -0.2) is 19.3 Å². The number of nitrogens with one attached hydrogen (secondary N) is 2. The first kappa shape index (κ1) is 28.4. The monoisotopic (exact) mass is 611 g/mol. The molecule has 4 heterocycles. The maximum Gasteiger partial charge on any atom is 0.293 e. The summed E-state index contributed by atoms with van der Waals surface area (Å²) in [5.74, 6) is -1.46. The number of carbonyl (C=O) groups excluding carboxylic acids is 1. The highest BCUT2D eigenvalue weighted by atomic mass is 32.3. The SMILES string of the molecule is Nc1ncnc2c1ncn2[C@@H]1O[C@H](CN[S+](=O)([O-])NC(=O)c2cccc(-c3noc(-c4ccccc4F)n3)c2)[C@@H](O)[C@H]1O. The Kier molecular flexibility index (Phi) is 7.38. The summed E-state index contributed by atoms with van der Waals surface area (Å²) in [6, 6.07) is 11.6. The molecule has 1 amide bonds. The molecule has 0 bridgehead atoms. The summed E-state index contributed by atoms with van der Waals surface area (Å²) in [6.45, 7) is -0.497. The number of nitrogens with two attached hydrogens (primary N) is 1. The molecule has 0 aliphatic carbocycles. The first-order chi connectivity index (χ1) is 20.6. The van der Waals surface area contributed by atoms with Crippen LogP contribution in [0.3, 0.4) is 0 Å². The molecular formula is C25H22FN9O7S. The second kappa shape index (κ2) is 11.2. The molecular weight excluding hydrogens is 589 g/mol. The van der Waals surface area contributed by atoms with Crippen molar-refractivity contribution in [3.8, 4) is 22.8 Å². The van der Waals surface area contributed by atoms with Crippen LogP contribution in [-0.4, -0.2) is 75.2 Å². The molecule has 222 valence electrons. The molecule has 6 rings (SSSR count). The van der Waals surface area contributed by atoms with Gasteiger partial charge in [0.2, 0.25) is 16.4 Å². The number of benzene rings is 2. The molecule has 0 saturated carbocycles. The van der Waals surface area contributed by atoms with Crippen LogP contribution in [0.5, 0.6) is 0 Å². The molecule has 0 radical (unpaired) electrons. The lowest BCUT2D eigenvalue weighted by atomic mass is 10.1. The van der Waals surface area contributed by atoms with Crippen LogP contribution >= 0.6 is 0 Å². The quantitative estimate of drug-likeness (QED) is 0.149. The van der Waals surface area contributed by atoms with E-state index < -0.39 is 53.4 Å². The Hall–Kier alpha value is -4.72. The van der Waals surface area contributed by atoms with Crippen LogP contribution in [0.25, 0.3) is 34.0 Å². The zero-order chi connectivity index (χ0) is 30.3. The summed E-state index contributed by atoms with van der Waals surface area (Å²) in [5, 5.41) is 24.9. The summed E-state index contributed by atoms with van der Waals surface area (Å²) >= 11 is 0. The number of nitrogens with zero attached hydrogens (tertiary/aromatic N) is 6. The average Bonchev–Trinajstić information content (AvgIpc) is 3.71. The molecule has 0 spiro atoms. The van der Waals surface area contributed by atoms with Gasteiger partial charge in [0.05, 0.1) is 18.4 Å². The average molecular weight is 612 g/mol. The number of imidazole rings is 1. The summed E-state index contributed by atoms with van der Waals surface area (Å²) in [5.41, 5.74) is 6.64. The number of carbonyl (C=O) groups is 1. The minimum atomic E-state index is -4.45. The van der Waals surface area contributed by atoms with Gasteiger partial charge in [-0.3, -0.25) is 9.36 Å². The molecule has 1 aliphatic rings. The fourth-order valence-corrected chi connectivity index (χ4v) is 5.29. The standard InChI is InChI=1S/C25H22FN9O7S/c26-15-7-2-1-6-14(15)24-32-21(33-42-24)12-4-3-5-13(8-12)23(38)34-43(39,40)31-9-16-18(36)19(37)25(41-16)35-11-30-17-20(27)28-10-29-22(17)35/h1-8,10-11,16,18-19,25,36-37H,9H2,(H4-,27,28,29,31,34,38,39,40)/t16-,18-,19-,25-/m1/s1. The predicted molar refractivity (Wildman–Crippen MR) is 145 cm³/mol. The lowest BCUT2D eigenvalue weighted by molar-refractivity contribution is -0.0331. The van der Waals surface area contributed by atoms with E-state index in [0.29, 0.717) is 5.56 Å². The molecule has 16 nitrogen and oxygen atoms in total. The molecule has 1 aliphatic heterocycles. The van der Waals surface area contributed by atoms with Crippen molar-refractivity contribution in [1.82, 2.24) is 39.1 Å². The molecule has 3 aromatic heterocycles. The van der Waals surface area contributed by atoms with E-state index in [4.69, 9.17) is 15.0 Å². The number of anilines is 1. The van der Waals surface area contributed by atoms with Crippen LogP contribution in [0.4, 0.5) is 10.2 Å². The van der Waals surface area contributed by atoms with Gasteiger partial charge in [0.1, 0.15) is 36.0 Å². The number of halogens is 1. The van der Waals surface area contributed by atoms with E-state index in [1.165, 1.54) is 53.6 Å². The first-order valence-corrected chi connectivity index (χ1v) is 14.0. The van der Waals surface area contributed by atoms with Crippen LogP contribution in [0.2, 0.25) is 0 Å². The number of rotatable bonds is 8. The number of ether oxygens (including phenoxy) is 1. The van der Waals surface area contributed by atoms with Crippen molar-refractivity contribution < 1.29 is 37.4 Å². The van der Waals surface area contributed by atoms with Crippen molar-refractivity contribution in [2.24, 2.45) is 0 Å². The van der Waals surface area contributed by atoms with Crippen LogP contribution in [-0.2, 0) is 19.5 Å². The predicted octanol–water partition coefficient (Wildman–Crippen LogP) is 0.363. The Morgan fingerprint density at radius 1 is 1.14 bits per heavy atom. The number of aliphatic hydroxyl groups is 2. The number of nitrogen functional groups attached to an aromatic ring is 1. The van der Waals surface area contributed by atoms with Crippen molar-refractivity contribution in [3.63, 3.8) is 0 Å². The molecule has 43 heavy (non-hydrogen) atoms. The third kappa shape index (κ3) is 5.57. The number of hydrogen-bond acceptors (Lipinski definition) is 13. The summed E-state index contributed by atoms with van der Waals surface area (Å²) in [7, 11) is -4.45. The highest BCUT2D eigenvalue weighted by molar-refractivity contribution is 7.94. The van der Waals surface area contributed by atoms with E-state index in [1.54, 1.807) is 12.1 Å². The third-order valence-electron chi connectivity index (χ3n) is 6.61. The topological polar surface area (TPSA) is 239 Å². The lowest BCUT2D eigenvalue weighted by Gasteiger charge is -2.19. The van der Waals surface area contributed by atoms with Gasteiger partial charge in [-0.15, -0.1) is 4.72 Å². The highest BCUT2D eigenvalue weighted by Gasteiger charge is 2.45. The fourth-order valence-electron chi connectivity index (χ4n) is 4.48. The maximum atomic E-state index is 14.1. The van der Waals surface area contributed by atoms with Gasteiger partial charge in [0, 0.05) is 11.1 Å². The smallest absolute Gasteiger partial charge is 0.293 e. The lowest BCUT2D eigenvalue weighted by Crippen LogP contribution is -2.49. The molecule has 1 unspecified atom stereocenters. The van der Waals surface area contributed by atoms with Crippen molar-refractivity contribution in [2.45, 2.75) is 24.5 Å². The van der Waals surface area contributed by atoms with E-state index in [2.05, 4.69) is 29.8 Å². The molecule has 6 N–H and O–H groups in total. The van der Waals surface area contributed by atoms with Crippen LogP contribution in [0.1, 0.15) is 16.6 Å². The Labute approximate surface area is 242 Å². The van der Waals surface area contributed by atoms with E-state index in [9.17, 15) is 28.2 Å². The summed E-state index contributed by atoms with van der Waals surface area (Å²) < 4.78 is 55.6. The Morgan fingerprint density at radius 3 is 2.77 bits per heavy atom. The maximum absolute atomic E-state index is 14.1. The molecule has 18 heteroatoms. The van der Waals surface area contributed by atoms with E-state index >= 15 is 0 Å². The third-order valence-corrected chi connectivity index (χ3v) is 7.61. The Morgan fingerprint density at radius 2 is 1.95 bits per heavy atom. The fraction of sp³-hybridized carbons (Fsp3) is 0.200. The minimum Gasteiger partial charge on any atom is -0.575 e. The first-order valence-electron chi connectivity index (χ1n) is 12.6. The normalized spacial score (nSPS) is 21.6. The Bertz CT molecular complexity index is 1870. The van der Waals surface area contributed by atoms with Crippen molar-refractivity contribution in [3.05, 3.63) is 72.6 Å². The van der Waals surface area contributed by atoms with E-state index in [0.717, 1.165) is 0 Å². The van der Waals surface area contributed by atoms with Gasteiger partial charge in [-0.1, -0.05) is 33.6 Å². The number of amides is 1. The van der Waals surface area contributed by atoms with Crippen molar-refractivity contribution in [1.29, 1.82) is 0 Å². The number of aliphatic hydroxyl groups excluding tert-OH is 2. The van der Waals surface area contributed by atoms with Crippen LogP contribution in [0.15, 0.2) is 65.7 Å². The van der Waals surface area contributed by atoms with Gasteiger partial charge in [0.25, 0.3) is 11.8 Å². The molecule has 1 fully saturated rings. The largest absolute Gasteiger partial charge is 0.575 e. The summed E-state index contributed by atoms with van der Waals surface area (Å²) in [6.07, 6.45) is -2.83. The second-order valence-electron chi connectivity index (χ2n) is 9.40. The van der Waals surface area contributed by atoms with Gasteiger partial charge < -0.3 is 29.8 Å². The van der Waals surface area contributed by atoms with E-state index in [-0.39, 0.29) is 39.8 Å². The van der Waals surface area contributed by atoms with Gasteiger partial charge in [0.15, 0.2) is 17.7 Å². The zero-order valence-electron chi connectivity index (χ0n) is 21.8. The second-order valence-corrected chi connectivity index (χ2v) is 10.9. The highest BCUT2D eigenvalue weighted by Crippen LogP contribution is 2.32. The molecule has 1 saturated heterocycles. The molecule has 5 aromatic rings. The summed E-state index contributed by atoms with van der Waals surface area (Å²) in [4.78, 5) is 29.0. The molecule has 5 atom stereocenters. The van der Waals surface area contributed by atoms with Crippen LogP contribution in [0, 0.1) is 5.82 Å². The number of aromatic nitrogens is 6. The van der Waals surface area contributed by atoms with Gasteiger partial charge in [-0.05, 0) is 24.3 Å². The number of fused-ring (bicyclic) bond motifs is 1. The Balaban J connectivity index is 1.10.